The van der Waals surface area contributed by atoms with Crippen LogP contribution in [0.15, 0.2) is 47.4 Å². The maximum absolute atomic E-state index is 12.0. The highest BCUT2D eigenvalue weighted by Crippen LogP contribution is 2.22. The van der Waals surface area contributed by atoms with Crippen molar-refractivity contribution in [2.75, 3.05) is 0 Å². The number of ether oxygens (including phenoxy) is 1. The predicted molar refractivity (Wildman–Crippen MR) is 88.1 cm³/mol. The first-order chi connectivity index (χ1) is 10.8. The van der Waals surface area contributed by atoms with Crippen LogP contribution in [-0.4, -0.2) is 14.5 Å². The average Bonchev–Trinajstić information content (AvgIpc) is 2.48. The van der Waals surface area contributed by atoms with Crippen LogP contribution >= 0.6 is 23.2 Å². The molecule has 23 heavy (non-hydrogen) atoms. The van der Waals surface area contributed by atoms with Crippen molar-refractivity contribution in [2.45, 2.75) is 18.4 Å². The molecule has 122 valence electrons. The van der Waals surface area contributed by atoms with Crippen LogP contribution in [0.25, 0.3) is 0 Å². The number of hydrogen-bond donors (Lipinski definition) is 1. The zero-order valence-corrected chi connectivity index (χ0v) is 14.4. The maximum Gasteiger partial charge on any atom is 0.421 e. The Labute approximate surface area is 144 Å². The van der Waals surface area contributed by atoms with Gasteiger partial charge in [-0.15, -0.1) is 0 Å². The molecule has 0 aliphatic heterocycles. The largest absolute Gasteiger partial charge is 0.444 e. The molecule has 0 spiro atoms. The summed E-state index contributed by atoms with van der Waals surface area (Å²) in [4.78, 5) is 11.6. The summed E-state index contributed by atoms with van der Waals surface area (Å²) < 4.78 is 30.7. The van der Waals surface area contributed by atoms with E-state index in [0.717, 1.165) is 5.56 Å². The van der Waals surface area contributed by atoms with Gasteiger partial charge in [0, 0.05) is 0 Å². The van der Waals surface area contributed by atoms with Gasteiger partial charge in [0.05, 0.1) is 14.9 Å². The van der Waals surface area contributed by atoms with Crippen LogP contribution in [0.3, 0.4) is 0 Å². The normalized spacial score (nSPS) is 11.1. The standard InChI is InChI=1S/C15H13Cl2NO4S/c1-10-2-5-12(6-3-10)23(20,21)18-15(19)22-9-11-4-7-13(16)14(17)8-11/h2-8H,9H2,1H3,(H,18,19). The number of rotatable bonds is 4. The van der Waals surface area contributed by atoms with Gasteiger partial charge in [-0.25, -0.2) is 17.9 Å². The Bertz CT molecular complexity index is 820. The summed E-state index contributed by atoms with van der Waals surface area (Å²) in [5.74, 6) is 0. The maximum atomic E-state index is 12.0. The van der Waals surface area contributed by atoms with Gasteiger partial charge in [-0.2, -0.15) is 0 Å². The molecule has 0 aliphatic carbocycles. The third-order valence-electron chi connectivity index (χ3n) is 2.90. The second kappa shape index (κ2) is 7.21. The van der Waals surface area contributed by atoms with E-state index in [9.17, 15) is 13.2 Å². The molecule has 2 rings (SSSR count). The first kappa shape index (κ1) is 17.6. The fourth-order valence-electron chi connectivity index (χ4n) is 1.69. The molecule has 0 aliphatic rings. The molecule has 0 radical (unpaired) electrons. The molecule has 2 aromatic rings. The highest BCUT2D eigenvalue weighted by molar-refractivity contribution is 7.90. The summed E-state index contributed by atoms with van der Waals surface area (Å²) in [6.45, 7) is 1.70. The molecule has 1 amide bonds. The molecule has 0 saturated carbocycles. The monoisotopic (exact) mass is 373 g/mol. The number of sulfonamides is 1. The molecule has 8 heteroatoms. The second-order valence-electron chi connectivity index (χ2n) is 4.74. The lowest BCUT2D eigenvalue weighted by atomic mass is 10.2. The van der Waals surface area contributed by atoms with E-state index < -0.39 is 16.1 Å². The number of halogens is 2. The van der Waals surface area contributed by atoms with Crippen molar-refractivity contribution in [3.8, 4) is 0 Å². The minimum atomic E-state index is -3.97. The first-order valence-electron chi connectivity index (χ1n) is 6.48. The topological polar surface area (TPSA) is 72.5 Å². The highest BCUT2D eigenvalue weighted by atomic mass is 35.5. The van der Waals surface area contributed by atoms with Crippen LogP contribution in [0.4, 0.5) is 4.79 Å². The van der Waals surface area contributed by atoms with Gasteiger partial charge < -0.3 is 4.74 Å². The minimum absolute atomic E-state index is 0.0189. The van der Waals surface area contributed by atoms with Crippen LogP contribution in [-0.2, 0) is 21.4 Å². The molecule has 0 unspecified atom stereocenters. The molecule has 5 nitrogen and oxygen atoms in total. The fourth-order valence-corrected chi connectivity index (χ4v) is 2.91. The average molecular weight is 374 g/mol. The van der Waals surface area contributed by atoms with Gasteiger partial charge >= 0.3 is 6.09 Å². The first-order valence-corrected chi connectivity index (χ1v) is 8.72. The van der Waals surface area contributed by atoms with E-state index in [0.29, 0.717) is 15.6 Å². The Morgan fingerprint density at radius 1 is 1.09 bits per heavy atom. The van der Waals surface area contributed by atoms with Gasteiger partial charge in [0.1, 0.15) is 6.61 Å². The van der Waals surface area contributed by atoms with Gasteiger partial charge in [-0.3, -0.25) is 0 Å². The zero-order valence-electron chi connectivity index (χ0n) is 12.0. The quantitative estimate of drug-likeness (QED) is 0.881. The lowest BCUT2D eigenvalue weighted by Gasteiger charge is -2.09. The fraction of sp³-hybridized carbons (Fsp3) is 0.133. The van der Waals surface area contributed by atoms with E-state index in [-0.39, 0.29) is 11.5 Å². The van der Waals surface area contributed by atoms with Crippen molar-refractivity contribution in [2.24, 2.45) is 0 Å². The summed E-state index contributed by atoms with van der Waals surface area (Å²) in [5, 5.41) is 0.697. The number of nitrogens with one attached hydrogen (secondary N) is 1. The lowest BCUT2D eigenvalue weighted by Crippen LogP contribution is -2.31. The molecule has 0 atom stereocenters. The zero-order chi connectivity index (χ0) is 17.0. The Hall–Kier alpha value is -1.76. The van der Waals surface area contributed by atoms with Gasteiger partial charge in [0.2, 0.25) is 0 Å². The Morgan fingerprint density at radius 2 is 1.74 bits per heavy atom. The molecular weight excluding hydrogens is 361 g/mol. The molecule has 0 bridgehead atoms. The van der Waals surface area contributed by atoms with E-state index in [1.807, 2.05) is 11.6 Å². The molecule has 0 fully saturated rings. The van der Waals surface area contributed by atoms with Crippen molar-refractivity contribution in [1.82, 2.24) is 4.72 Å². The van der Waals surface area contributed by atoms with E-state index in [1.54, 1.807) is 24.3 Å². The van der Waals surface area contributed by atoms with Gasteiger partial charge in [0.25, 0.3) is 10.0 Å². The molecule has 1 N–H and O–H groups in total. The number of carbonyl (C=O) groups is 1. The van der Waals surface area contributed by atoms with Crippen LogP contribution in [0.1, 0.15) is 11.1 Å². The molecule has 2 aromatic carbocycles. The van der Waals surface area contributed by atoms with Crippen molar-refractivity contribution in [3.63, 3.8) is 0 Å². The smallest absolute Gasteiger partial charge is 0.421 e. The predicted octanol–water partition coefficient (Wildman–Crippen LogP) is 3.92. The van der Waals surface area contributed by atoms with Crippen LogP contribution in [0.2, 0.25) is 10.0 Å². The molecule has 0 saturated heterocycles. The Morgan fingerprint density at radius 3 is 2.35 bits per heavy atom. The minimum Gasteiger partial charge on any atom is -0.444 e. The highest BCUT2D eigenvalue weighted by Gasteiger charge is 2.18. The SMILES string of the molecule is Cc1ccc(S(=O)(=O)NC(=O)OCc2ccc(Cl)c(Cl)c2)cc1. The van der Waals surface area contributed by atoms with Crippen molar-refractivity contribution in [1.29, 1.82) is 0 Å². The van der Waals surface area contributed by atoms with Gasteiger partial charge in [0.15, 0.2) is 0 Å². The third kappa shape index (κ3) is 4.86. The number of amides is 1. The number of benzene rings is 2. The molecule has 0 aromatic heterocycles. The van der Waals surface area contributed by atoms with Crippen LogP contribution in [0, 0.1) is 6.92 Å². The summed E-state index contributed by atoms with van der Waals surface area (Å²) in [5.41, 5.74) is 1.49. The van der Waals surface area contributed by atoms with Crippen LogP contribution < -0.4 is 4.72 Å². The summed E-state index contributed by atoms with van der Waals surface area (Å²) in [6.07, 6.45) is -1.07. The number of hydrogen-bond acceptors (Lipinski definition) is 4. The Balaban J connectivity index is 1.98. The van der Waals surface area contributed by atoms with Crippen molar-refractivity contribution < 1.29 is 17.9 Å². The van der Waals surface area contributed by atoms with E-state index in [4.69, 9.17) is 27.9 Å². The number of aryl methyl sites for hydroxylation is 1. The van der Waals surface area contributed by atoms with Gasteiger partial charge in [-0.05, 0) is 36.8 Å². The van der Waals surface area contributed by atoms with Crippen LogP contribution in [0.5, 0.6) is 0 Å². The van der Waals surface area contributed by atoms with Crippen molar-refractivity contribution in [3.05, 3.63) is 63.6 Å². The van der Waals surface area contributed by atoms with E-state index in [1.165, 1.54) is 18.2 Å². The lowest BCUT2D eigenvalue weighted by molar-refractivity contribution is 0.146. The number of carbonyl (C=O) groups excluding carboxylic acids is 1. The summed E-state index contributed by atoms with van der Waals surface area (Å²) in [6, 6.07) is 10.8. The molecular formula is C15H13Cl2NO4S. The second-order valence-corrected chi connectivity index (χ2v) is 7.24. The van der Waals surface area contributed by atoms with E-state index in [2.05, 4.69) is 0 Å². The van der Waals surface area contributed by atoms with E-state index >= 15 is 0 Å². The summed E-state index contributed by atoms with van der Waals surface area (Å²) in [7, 11) is -3.97. The van der Waals surface area contributed by atoms with Gasteiger partial charge in [-0.1, -0.05) is 47.0 Å². The third-order valence-corrected chi connectivity index (χ3v) is 4.97. The van der Waals surface area contributed by atoms with Crippen molar-refractivity contribution >= 4 is 39.3 Å². The summed E-state index contributed by atoms with van der Waals surface area (Å²) >= 11 is 11.6. The molecule has 0 heterocycles. The Kier molecular flexibility index (Phi) is 5.51.